The first kappa shape index (κ1) is 18.8. The predicted octanol–water partition coefficient (Wildman–Crippen LogP) is 5.12. The summed E-state index contributed by atoms with van der Waals surface area (Å²) < 4.78 is 0. The van der Waals surface area contributed by atoms with E-state index in [2.05, 4.69) is 20.8 Å². The summed E-state index contributed by atoms with van der Waals surface area (Å²) in [5.41, 5.74) is 0.451. The van der Waals surface area contributed by atoms with E-state index in [4.69, 9.17) is 0 Å². The number of aliphatic hydroxyl groups is 1. The molecule has 0 aromatic heterocycles. The van der Waals surface area contributed by atoms with Gasteiger partial charge in [0.05, 0.1) is 6.10 Å². The van der Waals surface area contributed by atoms with Gasteiger partial charge in [0.25, 0.3) is 0 Å². The second kappa shape index (κ2) is 6.50. The normalized spacial score (nSPS) is 51.8. The van der Waals surface area contributed by atoms with Crippen LogP contribution >= 0.6 is 0 Å². The van der Waals surface area contributed by atoms with Gasteiger partial charge < -0.3 is 10.2 Å². The number of hydrogen-bond acceptors (Lipinski definition) is 2. The molecule has 0 spiro atoms. The summed E-state index contributed by atoms with van der Waals surface area (Å²) in [6.07, 6.45) is 11.4. The van der Waals surface area contributed by atoms with Gasteiger partial charge in [-0.2, -0.15) is 0 Å². The van der Waals surface area contributed by atoms with Crippen LogP contribution in [-0.2, 0) is 4.79 Å². The number of hydrogen-bond donors (Lipinski definition) is 2. The molecule has 0 aromatic rings. The van der Waals surface area contributed by atoms with E-state index in [1.165, 1.54) is 51.4 Å². The molecule has 4 aliphatic carbocycles. The highest BCUT2D eigenvalue weighted by Gasteiger charge is 2.61. The van der Waals surface area contributed by atoms with Crippen molar-refractivity contribution in [2.24, 2.45) is 46.3 Å². The summed E-state index contributed by atoms with van der Waals surface area (Å²) >= 11 is 0. The molecule has 1 unspecified atom stereocenters. The molecule has 148 valence electrons. The zero-order valence-corrected chi connectivity index (χ0v) is 16.9. The predicted molar refractivity (Wildman–Crippen MR) is 103 cm³/mol. The van der Waals surface area contributed by atoms with Crippen LogP contribution in [0, 0.1) is 46.3 Å². The van der Waals surface area contributed by atoms with E-state index < -0.39 is 5.97 Å². The maximum absolute atomic E-state index is 11.3. The van der Waals surface area contributed by atoms with Crippen molar-refractivity contribution in [3.63, 3.8) is 0 Å². The van der Waals surface area contributed by atoms with Gasteiger partial charge in [-0.1, -0.05) is 27.2 Å². The molecule has 0 aromatic carbocycles. The van der Waals surface area contributed by atoms with Crippen molar-refractivity contribution < 1.29 is 15.0 Å². The van der Waals surface area contributed by atoms with Gasteiger partial charge in [-0.05, 0) is 97.7 Å². The van der Waals surface area contributed by atoms with Gasteiger partial charge in [0.2, 0.25) is 0 Å². The Morgan fingerprint density at radius 3 is 2.54 bits per heavy atom. The van der Waals surface area contributed by atoms with E-state index >= 15 is 0 Å². The molecule has 26 heavy (non-hydrogen) atoms. The van der Waals surface area contributed by atoms with E-state index in [1.807, 2.05) is 0 Å². The molecule has 4 aliphatic rings. The minimum absolute atomic E-state index is 0.110. The zero-order chi connectivity index (χ0) is 18.7. The van der Waals surface area contributed by atoms with Gasteiger partial charge in [-0.3, -0.25) is 4.79 Å². The molecule has 0 bridgehead atoms. The molecule has 0 radical (unpaired) electrons. The first-order valence-electron chi connectivity index (χ1n) is 11.2. The summed E-state index contributed by atoms with van der Waals surface area (Å²) in [6.45, 7) is 7.07. The fraction of sp³-hybridized carbons (Fsp3) is 0.957. The minimum atomic E-state index is -0.642. The van der Waals surface area contributed by atoms with Crippen LogP contribution < -0.4 is 0 Å². The molecule has 0 aliphatic heterocycles. The number of aliphatic carboxylic acids is 1. The van der Waals surface area contributed by atoms with E-state index in [-0.39, 0.29) is 17.4 Å². The van der Waals surface area contributed by atoms with Gasteiger partial charge in [-0.25, -0.2) is 0 Å². The largest absolute Gasteiger partial charge is 0.481 e. The third kappa shape index (κ3) is 2.59. The number of carboxylic acid groups (broad SMARTS) is 1. The molecule has 4 rings (SSSR count). The lowest BCUT2D eigenvalue weighted by Crippen LogP contribution is -2.57. The quantitative estimate of drug-likeness (QED) is 0.733. The molecule has 9 atom stereocenters. The minimum Gasteiger partial charge on any atom is -0.481 e. The van der Waals surface area contributed by atoms with Gasteiger partial charge in [0, 0.05) is 6.42 Å². The average Bonchev–Trinajstić information content (AvgIpc) is 2.93. The molecule has 2 N–H and O–H groups in total. The highest BCUT2D eigenvalue weighted by atomic mass is 16.4. The van der Waals surface area contributed by atoms with Gasteiger partial charge in [0.15, 0.2) is 0 Å². The van der Waals surface area contributed by atoms with E-state index in [0.29, 0.717) is 23.7 Å². The second-order valence-corrected chi connectivity index (χ2v) is 10.8. The SMILES string of the molecule is C[C@@H](CC(=O)O)[C@H]1CC[C@@H]2[C@@H]3CC[C@@H]4CCCC(O)[C@]4(C)[C@H]3CC[C@@]21C. The fourth-order valence-corrected chi connectivity index (χ4v) is 8.71. The molecule has 0 saturated heterocycles. The standard InChI is InChI=1S/C23H38O3/c1-14(13-21(25)26)17-9-10-18-16-8-7-15-5-4-6-20(24)23(15,3)19(16)11-12-22(17,18)2/h14-20,24H,4-13H2,1-3H3,(H,25,26)/t14-,15-,16-,17+,18+,19-,20?,22+,23-/m0/s1. The number of carboxylic acids is 1. The Bertz CT molecular complexity index is 560. The zero-order valence-electron chi connectivity index (χ0n) is 16.9. The van der Waals surface area contributed by atoms with Crippen molar-refractivity contribution in [3.05, 3.63) is 0 Å². The Hall–Kier alpha value is -0.570. The summed E-state index contributed by atoms with van der Waals surface area (Å²) in [6, 6.07) is 0. The average molecular weight is 363 g/mol. The third-order valence-electron chi connectivity index (χ3n) is 9.97. The van der Waals surface area contributed by atoms with Crippen molar-refractivity contribution in [2.75, 3.05) is 0 Å². The van der Waals surface area contributed by atoms with Crippen LogP contribution in [0.15, 0.2) is 0 Å². The maximum Gasteiger partial charge on any atom is 0.303 e. The number of rotatable bonds is 3. The van der Waals surface area contributed by atoms with Crippen molar-refractivity contribution in [1.29, 1.82) is 0 Å². The lowest BCUT2D eigenvalue weighted by atomic mass is 9.44. The molecule has 0 amide bonds. The van der Waals surface area contributed by atoms with E-state index in [9.17, 15) is 15.0 Å². The molecule has 3 nitrogen and oxygen atoms in total. The third-order valence-corrected chi connectivity index (χ3v) is 9.97. The molecule has 4 saturated carbocycles. The van der Waals surface area contributed by atoms with Crippen LogP contribution in [-0.4, -0.2) is 22.3 Å². The van der Waals surface area contributed by atoms with Gasteiger partial charge in [-0.15, -0.1) is 0 Å². The van der Waals surface area contributed by atoms with Crippen LogP contribution in [0.2, 0.25) is 0 Å². The monoisotopic (exact) mass is 362 g/mol. The Morgan fingerprint density at radius 1 is 1.04 bits per heavy atom. The van der Waals surface area contributed by atoms with E-state index in [1.54, 1.807) is 0 Å². The topological polar surface area (TPSA) is 57.5 Å². The number of fused-ring (bicyclic) bond motifs is 5. The van der Waals surface area contributed by atoms with Crippen LogP contribution in [0.4, 0.5) is 0 Å². The Labute approximate surface area is 158 Å². The lowest BCUT2D eigenvalue weighted by molar-refractivity contribution is -0.165. The summed E-state index contributed by atoms with van der Waals surface area (Å²) in [4.78, 5) is 11.3. The first-order chi connectivity index (χ1) is 12.3. The van der Waals surface area contributed by atoms with Crippen molar-refractivity contribution in [1.82, 2.24) is 0 Å². The van der Waals surface area contributed by atoms with Crippen LogP contribution in [0.3, 0.4) is 0 Å². The highest BCUT2D eigenvalue weighted by Crippen LogP contribution is 2.68. The van der Waals surface area contributed by atoms with Crippen molar-refractivity contribution >= 4 is 5.97 Å². The highest BCUT2D eigenvalue weighted by molar-refractivity contribution is 5.67. The van der Waals surface area contributed by atoms with Crippen LogP contribution in [0.1, 0.15) is 85.0 Å². The summed E-state index contributed by atoms with van der Waals surface area (Å²) in [7, 11) is 0. The van der Waals surface area contributed by atoms with Crippen LogP contribution in [0.25, 0.3) is 0 Å². The van der Waals surface area contributed by atoms with Gasteiger partial charge in [0.1, 0.15) is 0 Å². The second-order valence-electron chi connectivity index (χ2n) is 10.8. The number of carbonyl (C=O) groups is 1. The molecule has 4 fully saturated rings. The lowest BCUT2D eigenvalue weighted by Gasteiger charge is -2.62. The first-order valence-corrected chi connectivity index (χ1v) is 11.2. The molecule has 3 heteroatoms. The molecular weight excluding hydrogens is 324 g/mol. The smallest absolute Gasteiger partial charge is 0.303 e. The van der Waals surface area contributed by atoms with E-state index in [0.717, 1.165) is 24.2 Å². The Balaban J connectivity index is 1.58. The summed E-state index contributed by atoms with van der Waals surface area (Å²) in [5.74, 6) is 3.11. The molecule has 0 heterocycles. The summed E-state index contributed by atoms with van der Waals surface area (Å²) in [5, 5.41) is 20.3. The van der Waals surface area contributed by atoms with Gasteiger partial charge >= 0.3 is 5.97 Å². The fourth-order valence-electron chi connectivity index (χ4n) is 8.71. The van der Waals surface area contributed by atoms with Crippen molar-refractivity contribution in [3.8, 4) is 0 Å². The number of aliphatic hydroxyl groups excluding tert-OH is 1. The van der Waals surface area contributed by atoms with Crippen LogP contribution in [0.5, 0.6) is 0 Å². The Morgan fingerprint density at radius 2 is 1.81 bits per heavy atom. The van der Waals surface area contributed by atoms with Crippen molar-refractivity contribution in [2.45, 2.75) is 91.1 Å². The maximum atomic E-state index is 11.3. The Kier molecular flexibility index (Phi) is 4.69. The molecular formula is C23H38O3.